The normalized spacial score (nSPS) is 34.7. The molecule has 0 saturated carbocycles. The molecule has 1 aromatic heterocycles. The van der Waals surface area contributed by atoms with E-state index in [1.54, 1.807) is 0 Å². The molecule has 0 aromatic carbocycles. The fourth-order valence-corrected chi connectivity index (χ4v) is 3.92. The Morgan fingerprint density at radius 2 is 2.44 bits per heavy atom. The number of H-pyrrole nitrogens is 1. The summed E-state index contributed by atoms with van der Waals surface area (Å²) in [5, 5.41) is 11.0. The highest BCUT2D eigenvalue weighted by atomic mass is 32.2. The molecule has 88 valence electrons. The number of nitrogens with zero attached hydrogens (tertiary/aromatic N) is 2. The largest absolute Gasteiger partial charge is 0.307 e. The number of hydrogen-bond acceptors (Lipinski definition) is 4. The molecule has 0 spiro atoms. The SMILES string of the molecule is CC1(c2n[nH]c(C3CCCN3)n2)CCSC1. The van der Waals surface area contributed by atoms with Crippen LogP contribution in [0, 0.1) is 0 Å². The summed E-state index contributed by atoms with van der Waals surface area (Å²) in [5.74, 6) is 4.44. The quantitative estimate of drug-likeness (QED) is 0.822. The maximum atomic E-state index is 4.70. The molecule has 2 N–H and O–H groups in total. The highest BCUT2D eigenvalue weighted by Gasteiger charge is 2.35. The molecule has 1 aromatic rings. The van der Waals surface area contributed by atoms with Crippen LogP contribution in [0.5, 0.6) is 0 Å². The van der Waals surface area contributed by atoms with E-state index in [2.05, 4.69) is 22.4 Å². The molecule has 5 heteroatoms. The highest BCUT2D eigenvalue weighted by molar-refractivity contribution is 7.99. The van der Waals surface area contributed by atoms with Crippen molar-refractivity contribution in [3.63, 3.8) is 0 Å². The molecular weight excluding hydrogens is 220 g/mol. The molecule has 2 fully saturated rings. The van der Waals surface area contributed by atoms with Gasteiger partial charge in [-0.25, -0.2) is 4.98 Å². The first-order chi connectivity index (χ1) is 7.78. The van der Waals surface area contributed by atoms with Crippen molar-refractivity contribution in [2.24, 2.45) is 0 Å². The zero-order valence-electron chi connectivity index (χ0n) is 9.62. The highest BCUT2D eigenvalue weighted by Crippen LogP contribution is 2.37. The van der Waals surface area contributed by atoms with Crippen LogP contribution in [0.15, 0.2) is 0 Å². The van der Waals surface area contributed by atoms with E-state index in [1.165, 1.54) is 25.0 Å². The van der Waals surface area contributed by atoms with Crippen molar-refractivity contribution in [3.05, 3.63) is 11.6 Å². The van der Waals surface area contributed by atoms with Crippen LogP contribution in [0.25, 0.3) is 0 Å². The Hall–Kier alpha value is -0.550. The van der Waals surface area contributed by atoms with Gasteiger partial charge in [0.05, 0.1) is 6.04 Å². The zero-order valence-corrected chi connectivity index (χ0v) is 10.4. The molecular formula is C11H18N4S. The predicted octanol–water partition coefficient (Wildman–Crippen LogP) is 1.62. The second-order valence-corrected chi connectivity index (χ2v) is 6.16. The van der Waals surface area contributed by atoms with Crippen LogP contribution in [0.1, 0.15) is 43.9 Å². The Morgan fingerprint density at radius 3 is 3.12 bits per heavy atom. The predicted molar refractivity (Wildman–Crippen MR) is 65.7 cm³/mol. The summed E-state index contributed by atoms with van der Waals surface area (Å²) >= 11 is 2.01. The number of rotatable bonds is 2. The minimum absolute atomic E-state index is 0.192. The van der Waals surface area contributed by atoms with Gasteiger partial charge in [-0.1, -0.05) is 6.92 Å². The third-order valence-corrected chi connectivity index (χ3v) is 4.99. The lowest BCUT2D eigenvalue weighted by molar-refractivity contribution is 0.504. The van der Waals surface area contributed by atoms with Gasteiger partial charge in [0.15, 0.2) is 5.82 Å². The van der Waals surface area contributed by atoms with Crippen molar-refractivity contribution in [2.75, 3.05) is 18.1 Å². The molecule has 0 amide bonds. The van der Waals surface area contributed by atoms with E-state index in [0.717, 1.165) is 23.9 Å². The lowest BCUT2D eigenvalue weighted by Crippen LogP contribution is -2.23. The molecule has 0 radical (unpaired) electrons. The topological polar surface area (TPSA) is 53.6 Å². The summed E-state index contributed by atoms with van der Waals surface area (Å²) < 4.78 is 0. The number of thioether (sulfide) groups is 1. The van der Waals surface area contributed by atoms with Gasteiger partial charge in [0.25, 0.3) is 0 Å². The van der Waals surface area contributed by atoms with Crippen LogP contribution in [0.4, 0.5) is 0 Å². The van der Waals surface area contributed by atoms with Crippen LogP contribution in [-0.2, 0) is 5.41 Å². The molecule has 2 saturated heterocycles. The van der Waals surface area contributed by atoms with Gasteiger partial charge >= 0.3 is 0 Å². The average Bonchev–Trinajstić information content (AvgIpc) is 2.98. The summed E-state index contributed by atoms with van der Waals surface area (Å²) in [5.41, 5.74) is 0.192. The number of aromatic amines is 1. The maximum absolute atomic E-state index is 4.70. The van der Waals surface area contributed by atoms with Gasteiger partial charge in [0.2, 0.25) is 0 Å². The summed E-state index contributed by atoms with van der Waals surface area (Å²) in [6, 6.07) is 0.402. The standard InChI is InChI=1S/C11H18N4S/c1-11(4-6-16-7-11)10-13-9(14-15-10)8-3-2-5-12-8/h8,12H,2-7H2,1H3,(H,13,14,15). The Balaban J connectivity index is 1.81. The van der Waals surface area contributed by atoms with Crippen molar-refractivity contribution in [1.29, 1.82) is 0 Å². The van der Waals surface area contributed by atoms with E-state index in [0.29, 0.717) is 6.04 Å². The van der Waals surface area contributed by atoms with E-state index in [9.17, 15) is 0 Å². The van der Waals surface area contributed by atoms with Crippen molar-refractivity contribution in [3.8, 4) is 0 Å². The molecule has 0 bridgehead atoms. The molecule has 3 heterocycles. The summed E-state index contributed by atoms with van der Waals surface area (Å²) in [4.78, 5) is 4.70. The zero-order chi connectivity index (χ0) is 11.0. The van der Waals surface area contributed by atoms with Crippen molar-refractivity contribution < 1.29 is 0 Å². The van der Waals surface area contributed by atoms with Gasteiger partial charge in [0.1, 0.15) is 5.82 Å². The first-order valence-electron chi connectivity index (χ1n) is 6.02. The summed E-state index contributed by atoms with van der Waals surface area (Å²) in [6.45, 7) is 3.38. The van der Waals surface area contributed by atoms with Crippen LogP contribution in [0.2, 0.25) is 0 Å². The van der Waals surface area contributed by atoms with Gasteiger partial charge in [-0.15, -0.1) is 0 Å². The first kappa shape index (κ1) is 10.6. The van der Waals surface area contributed by atoms with Gasteiger partial charge in [0, 0.05) is 11.2 Å². The molecule has 4 nitrogen and oxygen atoms in total. The molecule has 0 aliphatic carbocycles. The van der Waals surface area contributed by atoms with Crippen molar-refractivity contribution in [2.45, 2.75) is 37.6 Å². The maximum Gasteiger partial charge on any atom is 0.157 e. The average molecular weight is 238 g/mol. The fourth-order valence-electron chi connectivity index (χ4n) is 2.46. The Kier molecular flexibility index (Phi) is 2.67. The molecule has 2 aliphatic rings. The second-order valence-electron chi connectivity index (χ2n) is 5.06. The molecule has 2 atom stereocenters. The fraction of sp³-hybridized carbons (Fsp3) is 0.818. The minimum Gasteiger partial charge on any atom is -0.307 e. The number of hydrogen-bond donors (Lipinski definition) is 2. The van der Waals surface area contributed by atoms with Gasteiger partial charge in [-0.05, 0) is 31.6 Å². The Labute approximate surface area is 100.0 Å². The van der Waals surface area contributed by atoms with E-state index in [1.807, 2.05) is 11.8 Å². The van der Waals surface area contributed by atoms with Crippen LogP contribution >= 0.6 is 11.8 Å². The molecule has 16 heavy (non-hydrogen) atoms. The number of nitrogens with one attached hydrogen (secondary N) is 2. The Morgan fingerprint density at radius 1 is 1.50 bits per heavy atom. The van der Waals surface area contributed by atoms with Crippen LogP contribution < -0.4 is 5.32 Å². The molecule has 3 rings (SSSR count). The van der Waals surface area contributed by atoms with Crippen LogP contribution in [-0.4, -0.2) is 33.2 Å². The molecule has 2 aliphatic heterocycles. The first-order valence-corrected chi connectivity index (χ1v) is 7.17. The third kappa shape index (κ3) is 1.76. The van der Waals surface area contributed by atoms with E-state index >= 15 is 0 Å². The smallest absolute Gasteiger partial charge is 0.157 e. The van der Waals surface area contributed by atoms with Gasteiger partial charge in [-0.3, -0.25) is 5.10 Å². The van der Waals surface area contributed by atoms with Crippen molar-refractivity contribution in [1.82, 2.24) is 20.5 Å². The van der Waals surface area contributed by atoms with E-state index in [4.69, 9.17) is 4.98 Å². The third-order valence-electron chi connectivity index (χ3n) is 3.65. The number of aromatic nitrogens is 3. The van der Waals surface area contributed by atoms with Gasteiger partial charge < -0.3 is 5.32 Å². The summed E-state index contributed by atoms with van der Waals surface area (Å²) in [7, 11) is 0. The lowest BCUT2D eigenvalue weighted by atomic mass is 9.89. The molecule has 2 unspecified atom stereocenters. The monoisotopic (exact) mass is 238 g/mol. The van der Waals surface area contributed by atoms with E-state index in [-0.39, 0.29) is 5.41 Å². The second kappa shape index (κ2) is 4.04. The van der Waals surface area contributed by atoms with Gasteiger partial charge in [-0.2, -0.15) is 16.9 Å². The van der Waals surface area contributed by atoms with Crippen molar-refractivity contribution >= 4 is 11.8 Å². The summed E-state index contributed by atoms with van der Waals surface area (Å²) in [6.07, 6.45) is 3.63. The Bertz CT molecular complexity index is 364. The van der Waals surface area contributed by atoms with Crippen LogP contribution in [0.3, 0.4) is 0 Å². The lowest BCUT2D eigenvalue weighted by Gasteiger charge is -2.17. The minimum atomic E-state index is 0.192. The van der Waals surface area contributed by atoms with E-state index < -0.39 is 0 Å².